The third kappa shape index (κ3) is 5.27. The van der Waals surface area contributed by atoms with Crippen molar-refractivity contribution in [3.63, 3.8) is 0 Å². The maximum Gasteiger partial charge on any atom is 0.234 e. The van der Waals surface area contributed by atoms with E-state index in [2.05, 4.69) is 38.1 Å². The summed E-state index contributed by atoms with van der Waals surface area (Å²) >= 11 is 3.23. The quantitative estimate of drug-likeness (QED) is 0.571. The molecule has 0 saturated heterocycles. The summed E-state index contributed by atoms with van der Waals surface area (Å²) in [5.74, 6) is 0.122. The smallest absolute Gasteiger partial charge is 0.234 e. The fourth-order valence-electron chi connectivity index (χ4n) is 2.66. The van der Waals surface area contributed by atoms with Gasteiger partial charge in [-0.3, -0.25) is 9.69 Å². The number of amides is 1. The Bertz CT molecular complexity index is 846. The molecule has 0 spiro atoms. The minimum Gasteiger partial charge on any atom is -0.309 e. The van der Waals surface area contributed by atoms with Gasteiger partial charge in [-0.15, -0.1) is 23.7 Å². The molecule has 0 atom stereocenters. The van der Waals surface area contributed by atoms with Gasteiger partial charge in [0.05, 0.1) is 16.6 Å². The van der Waals surface area contributed by atoms with Gasteiger partial charge in [0, 0.05) is 11.4 Å². The van der Waals surface area contributed by atoms with Crippen molar-refractivity contribution in [2.75, 3.05) is 32.1 Å². The molecular formula is C19H24ClN3OS2. The molecule has 2 heterocycles. The predicted octanol–water partition coefficient (Wildman–Crippen LogP) is 4.62. The summed E-state index contributed by atoms with van der Waals surface area (Å²) in [5.41, 5.74) is 2.18. The van der Waals surface area contributed by atoms with Gasteiger partial charge in [0.15, 0.2) is 5.13 Å². The third-order valence-electron chi connectivity index (χ3n) is 3.96. The average molecular weight is 410 g/mol. The Kier molecular flexibility index (Phi) is 7.58. The topological polar surface area (TPSA) is 36.4 Å². The summed E-state index contributed by atoms with van der Waals surface area (Å²) in [6.07, 6.45) is 1.37. The van der Waals surface area contributed by atoms with Crippen molar-refractivity contribution in [2.45, 2.75) is 19.8 Å². The summed E-state index contributed by atoms with van der Waals surface area (Å²) in [6.45, 7) is 3.73. The number of aryl methyl sites for hydroxylation is 1. The number of hydrogen-bond donors (Lipinski definition) is 0. The third-order valence-corrected chi connectivity index (χ3v) is 5.87. The number of halogens is 1. The molecule has 3 aromatic rings. The van der Waals surface area contributed by atoms with Crippen LogP contribution >= 0.6 is 35.1 Å². The number of nitrogens with zero attached hydrogens (tertiary/aromatic N) is 3. The van der Waals surface area contributed by atoms with Crippen LogP contribution in [0.15, 0.2) is 35.7 Å². The van der Waals surface area contributed by atoms with Crippen molar-refractivity contribution < 1.29 is 4.79 Å². The number of thiophene rings is 1. The van der Waals surface area contributed by atoms with Crippen LogP contribution in [0.3, 0.4) is 0 Å². The first-order valence-electron chi connectivity index (χ1n) is 8.37. The molecule has 7 heteroatoms. The molecule has 0 fully saturated rings. The van der Waals surface area contributed by atoms with E-state index in [0.717, 1.165) is 33.2 Å². The molecule has 1 aromatic carbocycles. The van der Waals surface area contributed by atoms with Gasteiger partial charge < -0.3 is 4.90 Å². The highest BCUT2D eigenvalue weighted by Gasteiger charge is 2.20. The lowest BCUT2D eigenvalue weighted by Crippen LogP contribution is -2.34. The van der Waals surface area contributed by atoms with E-state index in [-0.39, 0.29) is 18.3 Å². The fourth-order valence-corrected chi connectivity index (χ4v) is 4.47. The molecule has 0 unspecified atom stereocenters. The molecule has 3 rings (SSSR count). The van der Waals surface area contributed by atoms with Crippen LogP contribution in [0.4, 0.5) is 5.13 Å². The number of rotatable bonds is 7. The highest BCUT2D eigenvalue weighted by Crippen LogP contribution is 2.30. The number of benzene rings is 1. The Morgan fingerprint density at radius 2 is 2.00 bits per heavy atom. The average Bonchev–Trinajstić information content (AvgIpc) is 3.19. The van der Waals surface area contributed by atoms with Gasteiger partial charge in [-0.05, 0) is 63.1 Å². The number of fused-ring (bicyclic) bond motifs is 1. The summed E-state index contributed by atoms with van der Waals surface area (Å²) < 4.78 is 1.14. The van der Waals surface area contributed by atoms with Crippen molar-refractivity contribution in [3.05, 3.63) is 46.2 Å². The van der Waals surface area contributed by atoms with E-state index in [1.807, 2.05) is 28.5 Å². The fraction of sp³-hybridized carbons (Fsp3) is 0.368. The summed E-state index contributed by atoms with van der Waals surface area (Å²) in [4.78, 5) is 22.7. The highest BCUT2D eigenvalue weighted by molar-refractivity contribution is 7.22. The zero-order chi connectivity index (χ0) is 17.8. The number of hydrogen-bond acceptors (Lipinski definition) is 5. The Hall–Kier alpha value is -1.47. The molecule has 0 radical (unpaired) electrons. The van der Waals surface area contributed by atoms with Crippen LogP contribution in [0.25, 0.3) is 10.2 Å². The van der Waals surface area contributed by atoms with E-state index in [4.69, 9.17) is 4.98 Å². The van der Waals surface area contributed by atoms with Crippen LogP contribution in [0.5, 0.6) is 0 Å². The lowest BCUT2D eigenvalue weighted by atomic mass is 10.2. The first-order valence-corrected chi connectivity index (χ1v) is 10.1. The van der Waals surface area contributed by atoms with E-state index in [1.165, 1.54) is 5.56 Å². The molecule has 0 saturated carbocycles. The largest absolute Gasteiger partial charge is 0.309 e. The SMILES string of the molecule is Cc1ccc2nc(N(CCCN(C)C)C(=O)Cc3cccs3)sc2c1.Cl. The van der Waals surface area contributed by atoms with E-state index in [9.17, 15) is 4.79 Å². The van der Waals surface area contributed by atoms with Gasteiger partial charge >= 0.3 is 0 Å². The second kappa shape index (κ2) is 9.46. The lowest BCUT2D eigenvalue weighted by Gasteiger charge is -2.20. The van der Waals surface area contributed by atoms with Gasteiger partial charge in [-0.2, -0.15) is 0 Å². The Balaban J connectivity index is 0.00000243. The molecule has 2 aromatic heterocycles. The molecule has 1 amide bonds. The minimum absolute atomic E-state index is 0. The molecule has 0 bridgehead atoms. The van der Waals surface area contributed by atoms with Crippen LogP contribution in [-0.4, -0.2) is 43.0 Å². The second-order valence-electron chi connectivity index (χ2n) is 6.43. The van der Waals surface area contributed by atoms with Crippen molar-refractivity contribution in [1.82, 2.24) is 9.88 Å². The van der Waals surface area contributed by atoms with Gasteiger partial charge in [0.25, 0.3) is 0 Å². The Morgan fingerprint density at radius 1 is 1.19 bits per heavy atom. The molecule has 140 valence electrons. The van der Waals surface area contributed by atoms with E-state index in [1.54, 1.807) is 22.7 Å². The van der Waals surface area contributed by atoms with Gasteiger partial charge in [-0.25, -0.2) is 4.98 Å². The minimum atomic E-state index is 0. The van der Waals surface area contributed by atoms with E-state index < -0.39 is 0 Å². The van der Waals surface area contributed by atoms with Crippen molar-refractivity contribution in [3.8, 4) is 0 Å². The first kappa shape index (κ1) is 20.8. The predicted molar refractivity (Wildman–Crippen MR) is 115 cm³/mol. The van der Waals surface area contributed by atoms with Crippen LogP contribution in [0, 0.1) is 6.92 Å². The maximum atomic E-state index is 12.9. The van der Waals surface area contributed by atoms with E-state index in [0.29, 0.717) is 13.0 Å². The number of carbonyl (C=O) groups excluding carboxylic acids is 1. The van der Waals surface area contributed by atoms with Crippen molar-refractivity contribution in [1.29, 1.82) is 0 Å². The molecule has 26 heavy (non-hydrogen) atoms. The van der Waals surface area contributed by atoms with E-state index >= 15 is 0 Å². The number of aromatic nitrogens is 1. The molecule has 0 N–H and O–H groups in total. The maximum absolute atomic E-state index is 12.9. The normalized spacial score (nSPS) is 10.9. The number of anilines is 1. The Labute approximate surface area is 168 Å². The first-order chi connectivity index (χ1) is 12.0. The van der Waals surface area contributed by atoms with Gasteiger partial charge in [0.1, 0.15) is 0 Å². The van der Waals surface area contributed by atoms with Crippen LogP contribution < -0.4 is 4.90 Å². The molecule has 0 aliphatic carbocycles. The molecular weight excluding hydrogens is 386 g/mol. The molecule has 4 nitrogen and oxygen atoms in total. The second-order valence-corrected chi connectivity index (χ2v) is 8.47. The van der Waals surface area contributed by atoms with Crippen LogP contribution in [0.2, 0.25) is 0 Å². The van der Waals surface area contributed by atoms with Crippen molar-refractivity contribution >= 4 is 56.3 Å². The number of carbonyl (C=O) groups is 1. The monoisotopic (exact) mass is 409 g/mol. The summed E-state index contributed by atoms with van der Waals surface area (Å²) in [6, 6.07) is 10.2. The van der Waals surface area contributed by atoms with Crippen LogP contribution in [0.1, 0.15) is 16.9 Å². The lowest BCUT2D eigenvalue weighted by molar-refractivity contribution is -0.118. The summed E-state index contributed by atoms with van der Waals surface area (Å²) in [5, 5.41) is 2.82. The van der Waals surface area contributed by atoms with Gasteiger partial charge in [-0.1, -0.05) is 23.5 Å². The number of thiazole rings is 1. The standard InChI is InChI=1S/C19H23N3OS2.ClH/c1-14-7-8-16-17(12-14)25-19(20-16)22(10-5-9-21(2)3)18(23)13-15-6-4-11-24-15;/h4,6-8,11-12H,5,9-10,13H2,1-3H3;1H. The van der Waals surface area contributed by atoms with Crippen LogP contribution in [-0.2, 0) is 11.2 Å². The highest BCUT2D eigenvalue weighted by atomic mass is 35.5. The zero-order valence-electron chi connectivity index (χ0n) is 15.3. The van der Waals surface area contributed by atoms with Gasteiger partial charge in [0.2, 0.25) is 5.91 Å². The van der Waals surface area contributed by atoms with Crippen molar-refractivity contribution in [2.24, 2.45) is 0 Å². The zero-order valence-corrected chi connectivity index (χ0v) is 17.7. The summed E-state index contributed by atoms with van der Waals surface area (Å²) in [7, 11) is 4.11. The molecule has 0 aliphatic rings. The molecule has 0 aliphatic heterocycles. The Morgan fingerprint density at radius 3 is 2.69 bits per heavy atom.